The Balaban J connectivity index is 2.55. The minimum absolute atomic E-state index is 0.0880. The summed E-state index contributed by atoms with van der Waals surface area (Å²) in [5, 5.41) is 3.20. The Labute approximate surface area is 103 Å². The van der Waals surface area contributed by atoms with Gasteiger partial charge >= 0.3 is 5.97 Å². The zero-order valence-corrected chi connectivity index (χ0v) is 11.4. The van der Waals surface area contributed by atoms with Crippen molar-refractivity contribution in [2.75, 3.05) is 18.6 Å². The first kappa shape index (κ1) is 14.4. The molecule has 0 saturated carbocycles. The molecule has 0 spiro atoms. The normalized spacial score (nSPS) is 22.4. The molecule has 1 atom stereocenters. The third kappa shape index (κ3) is 4.27. The molecule has 6 heteroatoms. The summed E-state index contributed by atoms with van der Waals surface area (Å²) in [6, 6.07) is -0.268. The molecule has 0 amide bonds. The molecule has 1 saturated heterocycles. The van der Waals surface area contributed by atoms with Crippen molar-refractivity contribution in [2.24, 2.45) is 5.92 Å². The number of hydrogen-bond donors (Lipinski definition) is 1. The molecule has 1 heterocycles. The molecule has 1 rings (SSSR count). The van der Waals surface area contributed by atoms with E-state index < -0.39 is 9.84 Å². The van der Waals surface area contributed by atoms with E-state index in [-0.39, 0.29) is 35.5 Å². The lowest BCUT2D eigenvalue weighted by Gasteiger charge is -2.29. The largest absolute Gasteiger partial charge is 0.468 e. The van der Waals surface area contributed by atoms with Crippen LogP contribution in [0.15, 0.2) is 0 Å². The molecule has 1 N–H and O–H groups in total. The SMILES string of the molecule is COC(=O)C(NC1CCS(=O)(=O)CC1)C(C)C. The molecule has 100 valence electrons. The number of methoxy groups -OCH3 is 1. The lowest BCUT2D eigenvalue weighted by molar-refractivity contribution is -0.144. The molecular formula is C11H21NO4S. The van der Waals surface area contributed by atoms with E-state index in [0.717, 1.165) is 0 Å². The Morgan fingerprint density at radius 3 is 2.24 bits per heavy atom. The summed E-state index contributed by atoms with van der Waals surface area (Å²) in [6.45, 7) is 3.88. The number of esters is 1. The highest BCUT2D eigenvalue weighted by atomic mass is 32.2. The van der Waals surface area contributed by atoms with Gasteiger partial charge in [-0.05, 0) is 18.8 Å². The summed E-state index contributed by atoms with van der Waals surface area (Å²) in [5.41, 5.74) is 0. The van der Waals surface area contributed by atoms with Crippen molar-refractivity contribution < 1.29 is 17.9 Å². The maximum atomic E-state index is 11.6. The lowest BCUT2D eigenvalue weighted by atomic mass is 10.0. The summed E-state index contributed by atoms with van der Waals surface area (Å²) in [6.07, 6.45) is 1.14. The lowest BCUT2D eigenvalue weighted by Crippen LogP contribution is -2.49. The predicted octanol–water partition coefficient (Wildman–Crippen LogP) is 0.351. The van der Waals surface area contributed by atoms with Gasteiger partial charge in [-0.1, -0.05) is 13.8 Å². The van der Waals surface area contributed by atoms with Crippen LogP contribution in [0.2, 0.25) is 0 Å². The van der Waals surface area contributed by atoms with Crippen LogP contribution in [0.3, 0.4) is 0 Å². The molecule has 1 aliphatic rings. The van der Waals surface area contributed by atoms with E-state index in [2.05, 4.69) is 5.32 Å². The second-order valence-corrected chi connectivity index (χ2v) is 7.14. The molecule has 0 radical (unpaired) electrons. The second kappa shape index (κ2) is 5.82. The van der Waals surface area contributed by atoms with Crippen LogP contribution >= 0.6 is 0 Å². The fourth-order valence-corrected chi connectivity index (χ4v) is 3.46. The number of nitrogens with one attached hydrogen (secondary N) is 1. The van der Waals surface area contributed by atoms with E-state index in [1.165, 1.54) is 7.11 Å². The minimum atomic E-state index is -2.85. The Morgan fingerprint density at radius 2 is 1.82 bits per heavy atom. The number of rotatable bonds is 4. The van der Waals surface area contributed by atoms with Gasteiger partial charge in [0.25, 0.3) is 0 Å². The number of carbonyl (C=O) groups is 1. The van der Waals surface area contributed by atoms with E-state index in [0.29, 0.717) is 12.8 Å². The zero-order chi connectivity index (χ0) is 13.1. The first-order valence-corrected chi connectivity index (χ1v) is 7.72. The van der Waals surface area contributed by atoms with Gasteiger partial charge < -0.3 is 10.1 Å². The van der Waals surface area contributed by atoms with Crippen LogP contribution in [-0.4, -0.2) is 45.1 Å². The van der Waals surface area contributed by atoms with Crippen molar-refractivity contribution >= 4 is 15.8 Å². The Morgan fingerprint density at radius 1 is 1.29 bits per heavy atom. The number of carbonyl (C=O) groups excluding carboxylic acids is 1. The monoisotopic (exact) mass is 263 g/mol. The van der Waals surface area contributed by atoms with Gasteiger partial charge in [0.15, 0.2) is 0 Å². The summed E-state index contributed by atoms with van der Waals surface area (Å²) in [5.74, 6) is 0.252. The average molecular weight is 263 g/mol. The van der Waals surface area contributed by atoms with Gasteiger partial charge in [-0.25, -0.2) is 8.42 Å². The van der Waals surface area contributed by atoms with Crippen molar-refractivity contribution in [3.05, 3.63) is 0 Å². The molecule has 1 aliphatic heterocycles. The molecule has 1 unspecified atom stereocenters. The van der Waals surface area contributed by atoms with Gasteiger partial charge in [0, 0.05) is 6.04 Å². The number of hydrogen-bond acceptors (Lipinski definition) is 5. The fourth-order valence-electron chi connectivity index (χ4n) is 1.97. The zero-order valence-electron chi connectivity index (χ0n) is 10.6. The second-order valence-electron chi connectivity index (χ2n) is 4.84. The summed E-state index contributed by atoms with van der Waals surface area (Å²) >= 11 is 0. The van der Waals surface area contributed by atoms with Gasteiger partial charge in [-0.15, -0.1) is 0 Å². The van der Waals surface area contributed by atoms with Gasteiger partial charge in [0.05, 0.1) is 18.6 Å². The van der Waals surface area contributed by atoms with Crippen molar-refractivity contribution in [3.8, 4) is 0 Å². The van der Waals surface area contributed by atoms with E-state index in [9.17, 15) is 13.2 Å². The Kier molecular flexibility index (Phi) is 4.94. The molecule has 17 heavy (non-hydrogen) atoms. The summed E-state index contributed by atoms with van der Waals surface area (Å²) in [7, 11) is -1.49. The van der Waals surface area contributed by atoms with Crippen molar-refractivity contribution in [1.29, 1.82) is 0 Å². The third-order valence-corrected chi connectivity index (χ3v) is 4.81. The number of ether oxygens (including phenoxy) is 1. The maximum Gasteiger partial charge on any atom is 0.323 e. The standard InChI is InChI=1S/C11H21NO4S/c1-8(2)10(11(13)16-3)12-9-4-6-17(14,15)7-5-9/h8-10,12H,4-7H2,1-3H3. The van der Waals surface area contributed by atoms with Crippen LogP contribution < -0.4 is 5.32 Å². The van der Waals surface area contributed by atoms with Gasteiger partial charge in [0.2, 0.25) is 0 Å². The van der Waals surface area contributed by atoms with E-state index >= 15 is 0 Å². The first-order valence-electron chi connectivity index (χ1n) is 5.90. The molecule has 5 nitrogen and oxygen atoms in total. The van der Waals surface area contributed by atoms with Crippen molar-refractivity contribution in [3.63, 3.8) is 0 Å². The highest BCUT2D eigenvalue weighted by molar-refractivity contribution is 7.91. The molecular weight excluding hydrogens is 242 g/mol. The van der Waals surface area contributed by atoms with E-state index in [1.807, 2.05) is 13.8 Å². The van der Waals surface area contributed by atoms with Crippen LogP contribution in [0.25, 0.3) is 0 Å². The maximum absolute atomic E-state index is 11.6. The molecule has 1 fully saturated rings. The van der Waals surface area contributed by atoms with Gasteiger partial charge in [0.1, 0.15) is 15.9 Å². The van der Waals surface area contributed by atoms with Crippen LogP contribution in [0.5, 0.6) is 0 Å². The van der Waals surface area contributed by atoms with Crippen LogP contribution in [0.1, 0.15) is 26.7 Å². The van der Waals surface area contributed by atoms with E-state index in [1.54, 1.807) is 0 Å². The first-order chi connectivity index (χ1) is 7.85. The molecule has 0 aromatic carbocycles. The van der Waals surface area contributed by atoms with Crippen LogP contribution in [-0.2, 0) is 19.4 Å². The van der Waals surface area contributed by atoms with Crippen molar-refractivity contribution in [2.45, 2.75) is 38.8 Å². The summed E-state index contributed by atoms with van der Waals surface area (Å²) < 4.78 is 27.3. The quantitative estimate of drug-likeness (QED) is 0.741. The molecule has 0 aliphatic carbocycles. The topological polar surface area (TPSA) is 72.5 Å². The highest BCUT2D eigenvalue weighted by Crippen LogP contribution is 2.15. The van der Waals surface area contributed by atoms with Gasteiger partial charge in [-0.3, -0.25) is 4.79 Å². The fraction of sp³-hybridized carbons (Fsp3) is 0.909. The Bertz CT molecular complexity index is 350. The Hall–Kier alpha value is -0.620. The van der Waals surface area contributed by atoms with E-state index in [4.69, 9.17) is 4.74 Å². The number of sulfone groups is 1. The third-order valence-electron chi connectivity index (χ3n) is 3.09. The highest BCUT2D eigenvalue weighted by Gasteiger charge is 2.29. The average Bonchev–Trinajstić information content (AvgIpc) is 2.26. The predicted molar refractivity (Wildman–Crippen MR) is 65.5 cm³/mol. The summed E-state index contributed by atoms with van der Waals surface area (Å²) in [4.78, 5) is 11.6. The molecule has 0 aromatic rings. The van der Waals surface area contributed by atoms with Crippen LogP contribution in [0.4, 0.5) is 0 Å². The van der Waals surface area contributed by atoms with Crippen molar-refractivity contribution in [1.82, 2.24) is 5.32 Å². The molecule has 0 bridgehead atoms. The smallest absolute Gasteiger partial charge is 0.323 e. The van der Waals surface area contributed by atoms with Gasteiger partial charge in [-0.2, -0.15) is 0 Å². The molecule has 0 aromatic heterocycles. The van der Waals surface area contributed by atoms with Crippen LogP contribution in [0, 0.1) is 5.92 Å². The minimum Gasteiger partial charge on any atom is -0.468 e.